The molecular formula is C24H27N3O5. The Morgan fingerprint density at radius 3 is 2.72 bits per heavy atom. The summed E-state index contributed by atoms with van der Waals surface area (Å²) >= 11 is 0. The van der Waals surface area contributed by atoms with Gasteiger partial charge in [0.05, 0.1) is 43.8 Å². The maximum atomic E-state index is 12.6. The Morgan fingerprint density at radius 2 is 2.09 bits per heavy atom. The van der Waals surface area contributed by atoms with E-state index in [1.54, 1.807) is 0 Å². The second kappa shape index (κ2) is 6.93. The smallest absolute Gasteiger partial charge is 0.341 e. The van der Waals surface area contributed by atoms with Gasteiger partial charge in [0, 0.05) is 23.1 Å². The SMILES string of the molecule is CC1(COc2cccc3c4n(nc23)CC(C(C)(C)C)n2cc(C(=O)O)c(=O)cc2-4)COC1. The highest BCUT2D eigenvalue weighted by Gasteiger charge is 2.37. The van der Waals surface area contributed by atoms with Crippen LogP contribution in [0.5, 0.6) is 5.75 Å². The molecule has 1 unspecified atom stereocenters. The molecule has 0 aliphatic carbocycles. The van der Waals surface area contributed by atoms with E-state index in [1.807, 2.05) is 27.4 Å². The van der Waals surface area contributed by atoms with Crippen LogP contribution in [0.3, 0.4) is 0 Å². The second-order valence-electron chi connectivity index (χ2n) is 10.3. The monoisotopic (exact) mass is 437 g/mol. The topological polar surface area (TPSA) is 95.6 Å². The molecule has 1 aromatic carbocycles. The van der Waals surface area contributed by atoms with Gasteiger partial charge in [0.25, 0.3) is 0 Å². The van der Waals surface area contributed by atoms with Crippen molar-refractivity contribution in [1.82, 2.24) is 14.3 Å². The molecule has 0 saturated carbocycles. The summed E-state index contributed by atoms with van der Waals surface area (Å²) in [5.74, 6) is -0.521. The molecular weight excluding hydrogens is 410 g/mol. The van der Waals surface area contributed by atoms with Gasteiger partial charge in [0.2, 0.25) is 0 Å². The van der Waals surface area contributed by atoms with Crippen molar-refractivity contribution in [1.29, 1.82) is 0 Å². The highest BCUT2D eigenvalue weighted by Crippen LogP contribution is 2.43. The first kappa shape index (κ1) is 20.8. The van der Waals surface area contributed by atoms with Gasteiger partial charge in [0.1, 0.15) is 16.8 Å². The fourth-order valence-electron chi connectivity index (χ4n) is 4.53. The van der Waals surface area contributed by atoms with Crippen molar-refractivity contribution in [2.75, 3.05) is 19.8 Å². The van der Waals surface area contributed by atoms with Gasteiger partial charge in [-0.15, -0.1) is 0 Å². The maximum Gasteiger partial charge on any atom is 0.341 e. The fraction of sp³-hybridized carbons (Fsp3) is 0.458. The van der Waals surface area contributed by atoms with Crippen LogP contribution in [-0.4, -0.2) is 45.2 Å². The van der Waals surface area contributed by atoms with E-state index in [1.165, 1.54) is 12.3 Å². The average Bonchev–Trinajstić information content (AvgIpc) is 3.08. The molecule has 2 aromatic heterocycles. The molecule has 2 aliphatic rings. The molecule has 0 radical (unpaired) electrons. The van der Waals surface area contributed by atoms with Crippen molar-refractivity contribution in [3.8, 4) is 17.1 Å². The highest BCUT2D eigenvalue weighted by atomic mass is 16.5. The van der Waals surface area contributed by atoms with E-state index in [-0.39, 0.29) is 22.4 Å². The summed E-state index contributed by atoms with van der Waals surface area (Å²) in [5.41, 5.74) is 1.30. The molecule has 0 spiro atoms. The predicted molar refractivity (Wildman–Crippen MR) is 119 cm³/mol. The number of hydrogen-bond acceptors (Lipinski definition) is 5. The summed E-state index contributed by atoms with van der Waals surface area (Å²) in [4.78, 5) is 24.3. The number of carboxylic acid groups (broad SMARTS) is 1. The van der Waals surface area contributed by atoms with Gasteiger partial charge < -0.3 is 19.1 Å². The normalized spacial score (nSPS) is 19.2. The number of aromatic carboxylic acids is 1. The molecule has 1 saturated heterocycles. The van der Waals surface area contributed by atoms with Gasteiger partial charge in [0.15, 0.2) is 5.43 Å². The summed E-state index contributed by atoms with van der Waals surface area (Å²) in [7, 11) is 0. The van der Waals surface area contributed by atoms with Gasteiger partial charge in [-0.1, -0.05) is 39.8 Å². The zero-order valence-electron chi connectivity index (χ0n) is 18.7. The molecule has 4 heterocycles. The third-order valence-corrected chi connectivity index (χ3v) is 6.44. The molecule has 0 bridgehead atoms. The van der Waals surface area contributed by atoms with Crippen LogP contribution >= 0.6 is 0 Å². The van der Waals surface area contributed by atoms with E-state index in [2.05, 4.69) is 27.7 Å². The Balaban J connectivity index is 1.68. The Morgan fingerprint density at radius 1 is 1.34 bits per heavy atom. The Bertz CT molecular complexity index is 1290. The summed E-state index contributed by atoms with van der Waals surface area (Å²) in [6.07, 6.45) is 1.48. The molecule has 0 amide bonds. The molecule has 1 fully saturated rings. The maximum absolute atomic E-state index is 12.6. The Kier molecular flexibility index (Phi) is 4.50. The third-order valence-electron chi connectivity index (χ3n) is 6.44. The van der Waals surface area contributed by atoms with Crippen molar-refractivity contribution >= 4 is 16.9 Å². The molecule has 2 aliphatic heterocycles. The summed E-state index contributed by atoms with van der Waals surface area (Å²) < 4.78 is 15.3. The number of carboxylic acids is 1. The van der Waals surface area contributed by atoms with E-state index in [0.29, 0.717) is 37.8 Å². The fourth-order valence-corrected chi connectivity index (χ4v) is 4.53. The van der Waals surface area contributed by atoms with Crippen LogP contribution in [-0.2, 0) is 11.3 Å². The first-order valence-electron chi connectivity index (χ1n) is 10.8. The van der Waals surface area contributed by atoms with Crippen molar-refractivity contribution in [3.63, 3.8) is 0 Å². The first-order chi connectivity index (χ1) is 15.1. The van der Waals surface area contributed by atoms with Gasteiger partial charge in [-0.05, 0) is 11.5 Å². The molecule has 3 aromatic rings. The number of aromatic nitrogens is 3. The van der Waals surface area contributed by atoms with Crippen LogP contribution in [0, 0.1) is 10.8 Å². The molecule has 1 N–H and O–H groups in total. The van der Waals surface area contributed by atoms with Crippen molar-refractivity contribution in [3.05, 3.63) is 46.2 Å². The molecule has 32 heavy (non-hydrogen) atoms. The van der Waals surface area contributed by atoms with Crippen LogP contribution < -0.4 is 10.2 Å². The van der Waals surface area contributed by atoms with Crippen LogP contribution in [0.15, 0.2) is 35.3 Å². The largest absolute Gasteiger partial charge is 0.490 e. The number of pyridine rings is 1. The summed E-state index contributed by atoms with van der Waals surface area (Å²) in [6, 6.07) is 7.14. The summed E-state index contributed by atoms with van der Waals surface area (Å²) in [6.45, 7) is 10.9. The quantitative estimate of drug-likeness (QED) is 0.670. The van der Waals surface area contributed by atoms with Crippen LogP contribution in [0.25, 0.3) is 22.3 Å². The minimum Gasteiger partial charge on any atom is -0.490 e. The van der Waals surface area contributed by atoms with Crippen molar-refractivity contribution < 1.29 is 19.4 Å². The second-order valence-corrected chi connectivity index (χ2v) is 10.3. The number of rotatable bonds is 4. The third kappa shape index (κ3) is 3.21. The lowest BCUT2D eigenvalue weighted by Crippen LogP contribution is -2.44. The van der Waals surface area contributed by atoms with Crippen LogP contribution in [0.1, 0.15) is 44.1 Å². The minimum atomic E-state index is -1.22. The number of nitrogens with zero attached hydrogens (tertiary/aromatic N) is 3. The van der Waals surface area contributed by atoms with Gasteiger partial charge in [-0.3, -0.25) is 9.48 Å². The first-order valence-corrected chi connectivity index (χ1v) is 10.8. The highest BCUT2D eigenvalue weighted by molar-refractivity contribution is 5.96. The van der Waals surface area contributed by atoms with E-state index in [0.717, 1.165) is 16.6 Å². The Hall–Kier alpha value is -3.13. The van der Waals surface area contributed by atoms with E-state index in [4.69, 9.17) is 14.6 Å². The average molecular weight is 437 g/mol. The lowest BCUT2D eigenvalue weighted by molar-refractivity contribution is -0.120. The van der Waals surface area contributed by atoms with E-state index < -0.39 is 11.4 Å². The standard InChI is InChI=1S/C24H27N3O5/c1-23(2,3)19-10-27-21(16-8-17(28)15(22(29)30)9-26(16)19)14-6-5-7-18(20(14)25-27)32-13-24(4)11-31-12-24/h5-9,19H,10-13H2,1-4H3,(H,29,30). The molecule has 8 nitrogen and oxygen atoms in total. The number of hydrogen-bond donors (Lipinski definition) is 1. The van der Waals surface area contributed by atoms with Crippen LogP contribution in [0.2, 0.25) is 0 Å². The number of carbonyl (C=O) groups is 1. The van der Waals surface area contributed by atoms with Gasteiger partial charge in [-0.25, -0.2) is 4.79 Å². The lowest BCUT2D eigenvalue weighted by atomic mass is 9.85. The molecule has 1 atom stereocenters. The van der Waals surface area contributed by atoms with Crippen molar-refractivity contribution in [2.45, 2.75) is 40.3 Å². The molecule has 168 valence electrons. The van der Waals surface area contributed by atoms with E-state index >= 15 is 0 Å². The predicted octanol–water partition coefficient (Wildman–Crippen LogP) is 3.58. The van der Waals surface area contributed by atoms with Gasteiger partial charge >= 0.3 is 5.97 Å². The zero-order chi connectivity index (χ0) is 22.8. The van der Waals surface area contributed by atoms with E-state index in [9.17, 15) is 14.7 Å². The van der Waals surface area contributed by atoms with Gasteiger partial charge in [-0.2, -0.15) is 5.10 Å². The lowest BCUT2D eigenvalue weighted by Gasteiger charge is -2.38. The minimum absolute atomic E-state index is 0.00594. The number of fused-ring (bicyclic) bond motifs is 5. The molecule has 5 rings (SSSR count). The number of benzene rings is 1. The van der Waals surface area contributed by atoms with Crippen molar-refractivity contribution in [2.24, 2.45) is 10.8 Å². The zero-order valence-corrected chi connectivity index (χ0v) is 18.7. The number of ether oxygens (including phenoxy) is 2. The van der Waals surface area contributed by atoms with Crippen LogP contribution in [0.4, 0.5) is 0 Å². The summed E-state index contributed by atoms with van der Waals surface area (Å²) in [5, 5.41) is 15.3. The Labute approximate surface area is 185 Å². The molecule has 8 heteroatoms.